The minimum atomic E-state index is 0.0183. The Hall–Kier alpha value is -1.35. The van der Waals surface area contributed by atoms with Crippen LogP contribution in [0.2, 0.25) is 0 Å². The van der Waals surface area contributed by atoms with Gasteiger partial charge in [-0.3, -0.25) is 4.79 Å². The highest BCUT2D eigenvalue weighted by Gasteiger charge is 2.19. The molecule has 0 radical (unpaired) electrons. The van der Waals surface area contributed by atoms with Gasteiger partial charge in [-0.05, 0) is 56.0 Å². The number of hydrogen-bond donors (Lipinski definition) is 2. The van der Waals surface area contributed by atoms with Gasteiger partial charge in [-0.15, -0.1) is 0 Å². The van der Waals surface area contributed by atoms with Crippen molar-refractivity contribution in [2.75, 3.05) is 20.1 Å². The van der Waals surface area contributed by atoms with Crippen LogP contribution in [-0.2, 0) is 0 Å². The van der Waals surface area contributed by atoms with Crippen LogP contribution in [0.3, 0.4) is 0 Å². The standard InChI is InChI=1S/C16H26N2O/c1-11-7-13(3)14(8-12(11)2)15(19)18-10-16(4,5)9-17-6/h7-8,17H,9-10H2,1-6H3,(H,18,19). The smallest absolute Gasteiger partial charge is 0.251 e. The lowest BCUT2D eigenvalue weighted by Crippen LogP contribution is -2.39. The van der Waals surface area contributed by atoms with E-state index in [1.165, 1.54) is 5.56 Å². The number of carbonyl (C=O) groups is 1. The Bertz CT molecular complexity index is 464. The van der Waals surface area contributed by atoms with Crippen LogP contribution in [-0.4, -0.2) is 26.0 Å². The molecule has 106 valence electrons. The quantitative estimate of drug-likeness (QED) is 0.856. The van der Waals surface area contributed by atoms with Gasteiger partial charge >= 0.3 is 0 Å². The van der Waals surface area contributed by atoms with Gasteiger partial charge in [0.15, 0.2) is 0 Å². The van der Waals surface area contributed by atoms with Crippen LogP contribution in [0.15, 0.2) is 12.1 Å². The zero-order valence-corrected chi connectivity index (χ0v) is 13.0. The van der Waals surface area contributed by atoms with Crippen molar-refractivity contribution in [3.63, 3.8) is 0 Å². The summed E-state index contributed by atoms with van der Waals surface area (Å²) in [6.45, 7) is 11.9. The number of nitrogens with one attached hydrogen (secondary N) is 2. The van der Waals surface area contributed by atoms with E-state index in [1.54, 1.807) is 0 Å². The number of carbonyl (C=O) groups excluding carboxylic acids is 1. The maximum absolute atomic E-state index is 12.2. The molecule has 0 saturated carbocycles. The van der Waals surface area contributed by atoms with Gasteiger partial charge in [-0.25, -0.2) is 0 Å². The fourth-order valence-electron chi connectivity index (χ4n) is 2.16. The SMILES string of the molecule is CNCC(C)(C)CNC(=O)c1cc(C)c(C)cc1C. The van der Waals surface area contributed by atoms with Crippen molar-refractivity contribution < 1.29 is 4.79 Å². The van der Waals surface area contributed by atoms with Gasteiger partial charge in [0.2, 0.25) is 0 Å². The third kappa shape index (κ3) is 4.35. The summed E-state index contributed by atoms with van der Waals surface area (Å²) in [5.41, 5.74) is 4.25. The van der Waals surface area contributed by atoms with Crippen LogP contribution in [0.25, 0.3) is 0 Å². The molecule has 3 heteroatoms. The molecule has 1 amide bonds. The molecule has 19 heavy (non-hydrogen) atoms. The van der Waals surface area contributed by atoms with E-state index in [9.17, 15) is 4.79 Å². The first-order valence-electron chi connectivity index (χ1n) is 6.77. The van der Waals surface area contributed by atoms with Gasteiger partial charge in [0.25, 0.3) is 5.91 Å². The Morgan fingerprint density at radius 2 is 1.63 bits per heavy atom. The summed E-state index contributed by atoms with van der Waals surface area (Å²) in [5.74, 6) is 0.0183. The van der Waals surface area contributed by atoms with Crippen LogP contribution in [0, 0.1) is 26.2 Å². The van der Waals surface area contributed by atoms with Gasteiger partial charge in [0.05, 0.1) is 0 Å². The second-order valence-corrected chi connectivity index (χ2v) is 6.13. The highest BCUT2D eigenvalue weighted by Crippen LogP contribution is 2.16. The molecule has 0 aromatic heterocycles. The predicted octanol–water partition coefficient (Wildman–Crippen LogP) is 2.59. The zero-order valence-electron chi connectivity index (χ0n) is 13.0. The second kappa shape index (κ2) is 6.20. The summed E-state index contributed by atoms with van der Waals surface area (Å²) in [5, 5.41) is 6.18. The Morgan fingerprint density at radius 3 is 2.21 bits per heavy atom. The molecule has 0 spiro atoms. The summed E-state index contributed by atoms with van der Waals surface area (Å²) >= 11 is 0. The average Bonchev–Trinajstić information content (AvgIpc) is 2.31. The average molecular weight is 262 g/mol. The van der Waals surface area contributed by atoms with Crippen molar-refractivity contribution in [2.45, 2.75) is 34.6 Å². The molecule has 1 rings (SSSR count). The lowest BCUT2D eigenvalue weighted by Gasteiger charge is -2.24. The van der Waals surface area contributed by atoms with Crippen molar-refractivity contribution in [3.05, 3.63) is 34.4 Å². The van der Waals surface area contributed by atoms with Crippen molar-refractivity contribution in [3.8, 4) is 0 Å². The maximum atomic E-state index is 12.2. The van der Waals surface area contributed by atoms with Gasteiger partial charge in [0.1, 0.15) is 0 Å². The van der Waals surface area contributed by atoms with E-state index in [2.05, 4.69) is 37.5 Å². The maximum Gasteiger partial charge on any atom is 0.251 e. The Balaban J connectivity index is 2.77. The largest absolute Gasteiger partial charge is 0.351 e. The molecular formula is C16H26N2O. The molecule has 0 unspecified atom stereocenters. The lowest BCUT2D eigenvalue weighted by atomic mass is 9.93. The van der Waals surface area contributed by atoms with Crippen molar-refractivity contribution in [1.82, 2.24) is 10.6 Å². The molecule has 0 bridgehead atoms. The lowest BCUT2D eigenvalue weighted by molar-refractivity contribution is 0.0936. The normalized spacial score (nSPS) is 11.5. The minimum absolute atomic E-state index is 0.0183. The van der Waals surface area contributed by atoms with Gasteiger partial charge in [0, 0.05) is 18.7 Å². The predicted molar refractivity (Wildman–Crippen MR) is 80.7 cm³/mol. The van der Waals surface area contributed by atoms with Crippen LogP contribution in [0.4, 0.5) is 0 Å². The fraction of sp³-hybridized carbons (Fsp3) is 0.562. The highest BCUT2D eigenvalue weighted by atomic mass is 16.1. The monoisotopic (exact) mass is 262 g/mol. The molecular weight excluding hydrogens is 236 g/mol. The molecule has 0 saturated heterocycles. The van der Waals surface area contributed by atoms with Crippen molar-refractivity contribution >= 4 is 5.91 Å². The third-order valence-corrected chi connectivity index (χ3v) is 3.47. The van der Waals surface area contributed by atoms with Gasteiger partial charge < -0.3 is 10.6 Å². The summed E-state index contributed by atoms with van der Waals surface area (Å²) in [6, 6.07) is 4.05. The summed E-state index contributed by atoms with van der Waals surface area (Å²) < 4.78 is 0. The molecule has 1 aromatic rings. The zero-order chi connectivity index (χ0) is 14.6. The summed E-state index contributed by atoms with van der Waals surface area (Å²) in [6.07, 6.45) is 0. The number of benzene rings is 1. The van der Waals surface area contributed by atoms with E-state index in [1.807, 2.05) is 27.0 Å². The molecule has 0 heterocycles. The molecule has 1 aromatic carbocycles. The Kier molecular flexibility index (Phi) is 5.12. The summed E-state index contributed by atoms with van der Waals surface area (Å²) in [7, 11) is 1.93. The molecule has 0 atom stereocenters. The van der Waals surface area contributed by atoms with Gasteiger partial charge in [-0.2, -0.15) is 0 Å². The van der Waals surface area contributed by atoms with Crippen LogP contribution in [0.5, 0.6) is 0 Å². The molecule has 3 nitrogen and oxygen atoms in total. The minimum Gasteiger partial charge on any atom is -0.351 e. The first-order valence-corrected chi connectivity index (χ1v) is 6.77. The topological polar surface area (TPSA) is 41.1 Å². The van der Waals surface area contributed by atoms with E-state index >= 15 is 0 Å². The Labute approximate surface area is 116 Å². The van der Waals surface area contributed by atoms with E-state index in [4.69, 9.17) is 0 Å². The van der Waals surface area contributed by atoms with Crippen LogP contribution >= 0.6 is 0 Å². The summed E-state index contributed by atoms with van der Waals surface area (Å²) in [4.78, 5) is 12.2. The highest BCUT2D eigenvalue weighted by molar-refractivity contribution is 5.95. The third-order valence-electron chi connectivity index (χ3n) is 3.47. The van der Waals surface area contributed by atoms with Crippen molar-refractivity contribution in [2.24, 2.45) is 5.41 Å². The number of rotatable bonds is 5. The first kappa shape index (κ1) is 15.7. The second-order valence-electron chi connectivity index (χ2n) is 6.13. The fourth-order valence-corrected chi connectivity index (χ4v) is 2.16. The van der Waals surface area contributed by atoms with Crippen LogP contribution in [0.1, 0.15) is 40.9 Å². The van der Waals surface area contributed by atoms with E-state index in [0.29, 0.717) is 6.54 Å². The number of amides is 1. The molecule has 2 N–H and O–H groups in total. The van der Waals surface area contributed by atoms with Crippen LogP contribution < -0.4 is 10.6 Å². The van der Waals surface area contributed by atoms with E-state index < -0.39 is 0 Å². The molecule has 0 aliphatic heterocycles. The van der Waals surface area contributed by atoms with Crippen molar-refractivity contribution in [1.29, 1.82) is 0 Å². The molecule has 0 fully saturated rings. The Morgan fingerprint density at radius 1 is 1.05 bits per heavy atom. The first-order chi connectivity index (χ1) is 8.76. The number of hydrogen-bond acceptors (Lipinski definition) is 2. The number of aryl methyl sites for hydroxylation is 3. The molecule has 0 aliphatic carbocycles. The van der Waals surface area contributed by atoms with E-state index in [-0.39, 0.29) is 11.3 Å². The molecule has 0 aliphatic rings. The van der Waals surface area contributed by atoms with E-state index in [0.717, 1.165) is 23.2 Å². The van der Waals surface area contributed by atoms with Gasteiger partial charge in [-0.1, -0.05) is 19.9 Å².